The Balaban J connectivity index is 2.21. The standard InChI is InChI=1S/C13H16N2O3/c1-13(2,3)18-12(17)9-6-8-4-5-10(16)15-11(8)14-7-9/h6-7H,4-5H2,1-3H3,(H,14,15,16). The molecule has 1 aromatic heterocycles. The number of fused-ring (bicyclic) bond motifs is 1. The molecule has 0 aromatic carbocycles. The van der Waals surface area contributed by atoms with Crippen molar-refractivity contribution in [3.05, 3.63) is 23.4 Å². The van der Waals surface area contributed by atoms with E-state index in [1.807, 2.05) is 20.8 Å². The van der Waals surface area contributed by atoms with Crippen molar-refractivity contribution >= 4 is 17.7 Å². The van der Waals surface area contributed by atoms with Gasteiger partial charge in [0.15, 0.2) is 0 Å². The van der Waals surface area contributed by atoms with Crippen LogP contribution in [0.1, 0.15) is 43.1 Å². The number of carbonyl (C=O) groups excluding carboxylic acids is 2. The Morgan fingerprint density at radius 3 is 2.78 bits per heavy atom. The van der Waals surface area contributed by atoms with E-state index < -0.39 is 11.6 Å². The van der Waals surface area contributed by atoms with Gasteiger partial charge in [-0.3, -0.25) is 4.79 Å². The topological polar surface area (TPSA) is 68.3 Å². The SMILES string of the molecule is CC(C)(C)OC(=O)c1cnc2c(c1)CCC(=O)N2. The van der Waals surface area contributed by atoms with Crippen molar-refractivity contribution in [1.82, 2.24) is 4.98 Å². The number of amides is 1. The minimum atomic E-state index is -0.527. The lowest BCUT2D eigenvalue weighted by atomic mass is 10.0. The Kier molecular flexibility index (Phi) is 3.07. The Labute approximate surface area is 106 Å². The number of aromatic nitrogens is 1. The molecule has 0 atom stereocenters. The van der Waals surface area contributed by atoms with Crippen LogP contribution in [0.3, 0.4) is 0 Å². The third kappa shape index (κ3) is 2.85. The monoisotopic (exact) mass is 248 g/mol. The van der Waals surface area contributed by atoms with E-state index >= 15 is 0 Å². The number of anilines is 1. The molecule has 96 valence electrons. The molecule has 1 aliphatic heterocycles. The van der Waals surface area contributed by atoms with Gasteiger partial charge in [0, 0.05) is 12.6 Å². The summed E-state index contributed by atoms with van der Waals surface area (Å²) in [6.07, 6.45) is 2.45. The zero-order chi connectivity index (χ0) is 13.3. The molecule has 2 rings (SSSR count). The maximum atomic E-state index is 11.9. The molecule has 0 fully saturated rings. The van der Waals surface area contributed by atoms with E-state index in [1.54, 1.807) is 6.07 Å². The average molecular weight is 248 g/mol. The van der Waals surface area contributed by atoms with Crippen LogP contribution in [0.2, 0.25) is 0 Å². The predicted octanol–water partition coefficient (Wildman–Crippen LogP) is 1.92. The second kappa shape index (κ2) is 4.40. The Hall–Kier alpha value is -1.91. The fourth-order valence-electron chi connectivity index (χ4n) is 1.70. The van der Waals surface area contributed by atoms with Crippen molar-refractivity contribution in [1.29, 1.82) is 0 Å². The van der Waals surface area contributed by atoms with Crippen molar-refractivity contribution in [2.24, 2.45) is 0 Å². The molecule has 0 radical (unpaired) electrons. The summed E-state index contributed by atoms with van der Waals surface area (Å²) in [4.78, 5) is 27.1. The lowest BCUT2D eigenvalue weighted by Gasteiger charge is -2.20. The number of nitrogens with zero attached hydrogens (tertiary/aromatic N) is 1. The van der Waals surface area contributed by atoms with E-state index in [0.29, 0.717) is 24.2 Å². The first kappa shape index (κ1) is 12.5. The summed E-state index contributed by atoms with van der Waals surface area (Å²) in [5, 5.41) is 2.67. The fourth-order valence-corrected chi connectivity index (χ4v) is 1.70. The molecule has 0 bridgehead atoms. The molecule has 5 nitrogen and oxygen atoms in total. The van der Waals surface area contributed by atoms with E-state index in [4.69, 9.17) is 4.74 Å². The van der Waals surface area contributed by atoms with Gasteiger partial charge in [0.1, 0.15) is 11.4 Å². The molecule has 18 heavy (non-hydrogen) atoms. The highest BCUT2D eigenvalue weighted by Gasteiger charge is 2.21. The maximum absolute atomic E-state index is 11.9. The number of ether oxygens (including phenoxy) is 1. The van der Waals surface area contributed by atoms with Crippen LogP contribution in [0, 0.1) is 0 Å². The molecule has 1 amide bonds. The molecule has 0 saturated carbocycles. The predicted molar refractivity (Wildman–Crippen MR) is 66.4 cm³/mol. The van der Waals surface area contributed by atoms with E-state index in [2.05, 4.69) is 10.3 Å². The molecule has 1 N–H and O–H groups in total. The number of rotatable bonds is 1. The first-order valence-corrected chi connectivity index (χ1v) is 5.87. The minimum Gasteiger partial charge on any atom is -0.456 e. The molecule has 2 heterocycles. The Bertz CT molecular complexity index is 503. The number of carbonyl (C=O) groups is 2. The van der Waals surface area contributed by atoms with Gasteiger partial charge < -0.3 is 10.1 Å². The third-order valence-corrected chi connectivity index (χ3v) is 2.48. The smallest absolute Gasteiger partial charge is 0.340 e. The molecule has 0 unspecified atom stereocenters. The molecule has 1 aromatic rings. The minimum absolute atomic E-state index is 0.0416. The van der Waals surface area contributed by atoms with E-state index in [1.165, 1.54) is 6.20 Å². The first-order chi connectivity index (χ1) is 8.35. The van der Waals surface area contributed by atoms with Crippen LogP contribution < -0.4 is 5.32 Å². The summed E-state index contributed by atoms with van der Waals surface area (Å²) in [7, 11) is 0. The second-order valence-electron chi connectivity index (χ2n) is 5.28. The van der Waals surface area contributed by atoms with E-state index in [9.17, 15) is 9.59 Å². The number of esters is 1. The van der Waals surface area contributed by atoms with Gasteiger partial charge in [-0.15, -0.1) is 0 Å². The van der Waals surface area contributed by atoms with E-state index in [0.717, 1.165) is 5.56 Å². The molecular weight excluding hydrogens is 232 g/mol. The maximum Gasteiger partial charge on any atom is 0.340 e. The van der Waals surface area contributed by atoms with Crippen LogP contribution in [0.15, 0.2) is 12.3 Å². The number of nitrogens with one attached hydrogen (secondary N) is 1. The van der Waals surface area contributed by atoms with Crippen LogP contribution in [-0.4, -0.2) is 22.5 Å². The van der Waals surface area contributed by atoms with Crippen LogP contribution >= 0.6 is 0 Å². The fraction of sp³-hybridized carbons (Fsp3) is 0.462. The van der Waals surface area contributed by atoms with Crippen LogP contribution in [0.5, 0.6) is 0 Å². The highest BCUT2D eigenvalue weighted by atomic mass is 16.6. The molecular formula is C13H16N2O3. The lowest BCUT2D eigenvalue weighted by molar-refractivity contribution is -0.116. The van der Waals surface area contributed by atoms with Crippen LogP contribution in [-0.2, 0) is 16.0 Å². The molecule has 5 heteroatoms. The van der Waals surface area contributed by atoms with Gasteiger partial charge in [0.25, 0.3) is 0 Å². The molecule has 0 aliphatic carbocycles. The van der Waals surface area contributed by atoms with Gasteiger partial charge in [-0.05, 0) is 38.8 Å². The van der Waals surface area contributed by atoms with Crippen molar-refractivity contribution in [3.63, 3.8) is 0 Å². The van der Waals surface area contributed by atoms with Gasteiger partial charge in [-0.25, -0.2) is 9.78 Å². The summed E-state index contributed by atoms with van der Waals surface area (Å²) in [6.45, 7) is 5.45. The molecule has 1 aliphatic rings. The summed E-state index contributed by atoms with van der Waals surface area (Å²) in [5.41, 5.74) is 0.763. The molecule has 0 saturated heterocycles. The normalized spacial score (nSPS) is 14.7. The van der Waals surface area contributed by atoms with Crippen molar-refractivity contribution in [2.45, 2.75) is 39.2 Å². The number of aryl methyl sites for hydroxylation is 1. The van der Waals surface area contributed by atoms with Crippen molar-refractivity contribution in [3.8, 4) is 0 Å². The van der Waals surface area contributed by atoms with Crippen molar-refractivity contribution in [2.75, 3.05) is 5.32 Å². The number of hydrogen-bond acceptors (Lipinski definition) is 4. The first-order valence-electron chi connectivity index (χ1n) is 5.87. The summed E-state index contributed by atoms with van der Waals surface area (Å²) < 4.78 is 5.27. The zero-order valence-electron chi connectivity index (χ0n) is 10.7. The largest absolute Gasteiger partial charge is 0.456 e. The summed E-state index contributed by atoms with van der Waals surface area (Å²) >= 11 is 0. The van der Waals surface area contributed by atoms with Gasteiger partial charge in [-0.1, -0.05) is 0 Å². The van der Waals surface area contributed by atoms with Gasteiger partial charge in [-0.2, -0.15) is 0 Å². The quantitative estimate of drug-likeness (QED) is 0.771. The van der Waals surface area contributed by atoms with Crippen LogP contribution in [0.4, 0.5) is 5.82 Å². The number of hydrogen-bond donors (Lipinski definition) is 1. The average Bonchev–Trinajstić information content (AvgIpc) is 2.26. The Morgan fingerprint density at radius 2 is 2.11 bits per heavy atom. The van der Waals surface area contributed by atoms with Crippen molar-refractivity contribution < 1.29 is 14.3 Å². The van der Waals surface area contributed by atoms with Crippen LogP contribution in [0.25, 0.3) is 0 Å². The highest BCUT2D eigenvalue weighted by molar-refractivity contribution is 5.94. The second-order valence-corrected chi connectivity index (χ2v) is 5.28. The number of pyridine rings is 1. The summed E-state index contributed by atoms with van der Waals surface area (Å²) in [6, 6.07) is 1.73. The van der Waals surface area contributed by atoms with Gasteiger partial charge >= 0.3 is 5.97 Å². The summed E-state index contributed by atoms with van der Waals surface area (Å²) in [5.74, 6) is 0.105. The van der Waals surface area contributed by atoms with E-state index in [-0.39, 0.29) is 5.91 Å². The molecule has 0 spiro atoms. The van der Waals surface area contributed by atoms with Gasteiger partial charge in [0.05, 0.1) is 5.56 Å². The zero-order valence-corrected chi connectivity index (χ0v) is 10.7. The lowest BCUT2D eigenvalue weighted by Crippen LogP contribution is -2.25. The Morgan fingerprint density at radius 1 is 1.39 bits per heavy atom. The highest BCUT2D eigenvalue weighted by Crippen LogP contribution is 2.22. The third-order valence-electron chi connectivity index (χ3n) is 2.48. The van der Waals surface area contributed by atoms with Gasteiger partial charge in [0.2, 0.25) is 5.91 Å².